The number of rotatable bonds is 6. The van der Waals surface area contributed by atoms with Crippen LogP contribution < -0.4 is 15.4 Å². The number of amides is 1. The fourth-order valence-electron chi connectivity index (χ4n) is 4.01. The molecule has 33 heavy (non-hydrogen) atoms. The van der Waals surface area contributed by atoms with Crippen molar-refractivity contribution in [1.29, 1.82) is 0 Å². The van der Waals surface area contributed by atoms with Crippen LogP contribution in [0.2, 0.25) is 0 Å². The summed E-state index contributed by atoms with van der Waals surface area (Å²) in [4.78, 5) is 17.4. The first-order chi connectivity index (χ1) is 16.3. The molecule has 4 aromatic rings. The summed E-state index contributed by atoms with van der Waals surface area (Å²) in [5.74, 6) is 0.302. The Hall–Kier alpha value is -3.97. The maximum absolute atomic E-state index is 13.2. The van der Waals surface area contributed by atoms with Crippen LogP contribution in [0.4, 0.5) is 5.69 Å². The van der Waals surface area contributed by atoms with Gasteiger partial charge in [0, 0.05) is 35.4 Å². The van der Waals surface area contributed by atoms with E-state index in [1.54, 1.807) is 24.7 Å². The molecule has 1 aliphatic heterocycles. The van der Waals surface area contributed by atoms with Crippen molar-refractivity contribution in [2.45, 2.75) is 19.4 Å². The number of carbonyl (C=O) groups excluding carboxylic acids is 1. The normalized spacial score (nSPS) is 13.1. The number of nitrogens with zero attached hydrogens (tertiary/aromatic N) is 2. The molecule has 0 spiro atoms. The number of hydrogen-bond acceptors (Lipinski definition) is 5. The average Bonchev–Trinajstić information content (AvgIpc) is 3.29. The fraction of sp³-hybridized carbons (Fsp3) is 0.192. The summed E-state index contributed by atoms with van der Waals surface area (Å²) in [7, 11) is 0. The van der Waals surface area contributed by atoms with Gasteiger partial charge in [-0.3, -0.25) is 14.9 Å². The Bertz CT molecular complexity index is 1240. The number of benzene rings is 2. The van der Waals surface area contributed by atoms with Crippen LogP contribution in [-0.2, 0) is 19.4 Å². The minimum absolute atomic E-state index is 0.207. The van der Waals surface area contributed by atoms with Crippen molar-refractivity contribution in [3.8, 4) is 16.9 Å². The Kier molecular flexibility index (Phi) is 6.12. The first-order valence-corrected chi connectivity index (χ1v) is 11.0. The number of aromatic nitrogens is 3. The van der Waals surface area contributed by atoms with Gasteiger partial charge in [0.25, 0.3) is 5.91 Å². The summed E-state index contributed by atoms with van der Waals surface area (Å²) in [6.07, 6.45) is 8.99. The molecule has 7 nitrogen and oxygen atoms in total. The summed E-state index contributed by atoms with van der Waals surface area (Å²) >= 11 is 0. The van der Waals surface area contributed by atoms with Gasteiger partial charge in [0.05, 0.1) is 11.8 Å². The Balaban J connectivity index is 1.41. The van der Waals surface area contributed by atoms with Crippen molar-refractivity contribution in [1.82, 2.24) is 20.5 Å². The van der Waals surface area contributed by atoms with E-state index >= 15 is 0 Å². The van der Waals surface area contributed by atoms with Crippen LogP contribution in [0.15, 0.2) is 73.3 Å². The van der Waals surface area contributed by atoms with Gasteiger partial charge in [-0.05, 0) is 73.0 Å². The van der Waals surface area contributed by atoms with Gasteiger partial charge in [-0.2, -0.15) is 5.10 Å². The lowest BCUT2D eigenvalue weighted by Gasteiger charge is -2.14. The third-order valence-corrected chi connectivity index (χ3v) is 5.78. The number of hydrogen-bond donors (Lipinski definition) is 3. The van der Waals surface area contributed by atoms with Crippen molar-refractivity contribution in [3.63, 3.8) is 0 Å². The minimum Gasteiger partial charge on any atom is -0.488 e. The maximum Gasteiger partial charge on any atom is 0.259 e. The second-order valence-electron chi connectivity index (χ2n) is 8.04. The second-order valence-corrected chi connectivity index (χ2v) is 8.04. The number of ether oxygens (including phenoxy) is 1. The highest BCUT2D eigenvalue weighted by Gasteiger charge is 2.16. The number of H-pyrrole nitrogens is 1. The van der Waals surface area contributed by atoms with E-state index in [9.17, 15) is 4.79 Å². The first-order valence-electron chi connectivity index (χ1n) is 11.0. The minimum atomic E-state index is -0.207. The maximum atomic E-state index is 13.2. The van der Waals surface area contributed by atoms with E-state index in [0.717, 1.165) is 48.3 Å². The van der Waals surface area contributed by atoms with E-state index in [1.807, 2.05) is 36.5 Å². The van der Waals surface area contributed by atoms with Gasteiger partial charge in [0.1, 0.15) is 12.4 Å². The summed E-state index contributed by atoms with van der Waals surface area (Å²) in [5.41, 5.74) is 6.65. The van der Waals surface area contributed by atoms with Crippen molar-refractivity contribution in [3.05, 3.63) is 95.6 Å². The van der Waals surface area contributed by atoms with Crippen LogP contribution in [0.25, 0.3) is 11.1 Å². The van der Waals surface area contributed by atoms with Crippen LogP contribution in [-0.4, -0.2) is 34.2 Å². The Morgan fingerprint density at radius 1 is 1.00 bits per heavy atom. The van der Waals surface area contributed by atoms with E-state index in [-0.39, 0.29) is 5.91 Å². The Morgan fingerprint density at radius 2 is 1.91 bits per heavy atom. The van der Waals surface area contributed by atoms with Crippen molar-refractivity contribution in [2.75, 3.05) is 18.4 Å². The van der Waals surface area contributed by atoms with Crippen LogP contribution in [0.3, 0.4) is 0 Å². The molecule has 0 saturated carbocycles. The van der Waals surface area contributed by atoms with Crippen LogP contribution >= 0.6 is 0 Å². The smallest absolute Gasteiger partial charge is 0.259 e. The average molecular weight is 440 g/mol. The van der Waals surface area contributed by atoms with E-state index < -0.39 is 0 Å². The van der Waals surface area contributed by atoms with E-state index in [2.05, 4.69) is 37.9 Å². The molecule has 1 amide bonds. The number of pyridine rings is 1. The molecule has 0 saturated heterocycles. The molecule has 0 aliphatic carbocycles. The molecule has 0 radical (unpaired) electrons. The topological polar surface area (TPSA) is 91.9 Å². The van der Waals surface area contributed by atoms with Gasteiger partial charge in [-0.25, -0.2) is 0 Å². The molecule has 0 unspecified atom stereocenters. The third-order valence-electron chi connectivity index (χ3n) is 5.78. The molecule has 7 heteroatoms. The van der Waals surface area contributed by atoms with Gasteiger partial charge in [-0.1, -0.05) is 18.2 Å². The highest BCUT2D eigenvalue weighted by molar-refractivity contribution is 6.06. The van der Waals surface area contributed by atoms with Gasteiger partial charge < -0.3 is 15.4 Å². The number of fused-ring (bicyclic) bond motifs is 1. The molecular formula is C26H25N5O2. The molecule has 1 aliphatic rings. The molecule has 0 fully saturated rings. The molecule has 3 N–H and O–H groups in total. The molecule has 2 aromatic heterocycles. The third kappa shape index (κ3) is 4.94. The zero-order chi connectivity index (χ0) is 22.5. The van der Waals surface area contributed by atoms with E-state index in [4.69, 9.17) is 4.74 Å². The molecule has 3 heterocycles. The first kappa shape index (κ1) is 20.9. The number of anilines is 1. The number of nitrogens with one attached hydrogen (secondary N) is 3. The summed E-state index contributed by atoms with van der Waals surface area (Å²) in [6.45, 7) is 2.25. The standard InChI is InChI=1S/C26H25N5O2/c32-26(31-23-5-3-19-7-10-27-11-8-21(19)12-23)24-6-4-20(22-15-29-30-16-22)13-25(24)33-17-18-2-1-9-28-14-18/h1-6,9,12-16,27H,7-8,10-11,17H2,(H,29,30)(H,31,32). The molecule has 2 aromatic carbocycles. The van der Waals surface area contributed by atoms with Gasteiger partial charge in [0.2, 0.25) is 0 Å². The Labute approximate surface area is 192 Å². The lowest BCUT2D eigenvalue weighted by molar-refractivity contribution is 0.102. The monoisotopic (exact) mass is 439 g/mol. The zero-order valence-electron chi connectivity index (χ0n) is 18.2. The predicted octanol–water partition coefficient (Wildman–Crippen LogP) is 3.99. The fourth-order valence-corrected chi connectivity index (χ4v) is 4.01. The molecule has 0 atom stereocenters. The van der Waals surface area contributed by atoms with E-state index in [0.29, 0.717) is 17.9 Å². The van der Waals surface area contributed by atoms with Crippen LogP contribution in [0.1, 0.15) is 27.0 Å². The molecule has 0 bridgehead atoms. The van der Waals surface area contributed by atoms with Gasteiger partial charge >= 0.3 is 0 Å². The number of carbonyl (C=O) groups is 1. The summed E-state index contributed by atoms with van der Waals surface area (Å²) < 4.78 is 6.09. The predicted molar refractivity (Wildman–Crippen MR) is 127 cm³/mol. The van der Waals surface area contributed by atoms with Crippen molar-refractivity contribution in [2.24, 2.45) is 0 Å². The van der Waals surface area contributed by atoms with E-state index in [1.165, 1.54) is 11.1 Å². The summed E-state index contributed by atoms with van der Waals surface area (Å²) in [5, 5.41) is 13.3. The lowest BCUT2D eigenvalue weighted by atomic mass is 10.0. The number of aromatic amines is 1. The van der Waals surface area contributed by atoms with Crippen molar-refractivity contribution < 1.29 is 9.53 Å². The largest absolute Gasteiger partial charge is 0.488 e. The second kappa shape index (κ2) is 9.67. The summed E-state index contributed by atoms with van der Waals surface area (Å²) in [6, 6.07) is 15.5. The SMILES string of the molecule is O=C(Nc1ccc2c(c1)CCNCC2)c1ccc(-c2cn[nH]c2)cc1OCc1cccnc1. The lowest BCUT2D eigenvalue weighted by Crippen LogP contribution is -2.16. The van der Waals surface area contributed by atoms with Gasteiger partial charge in [0.15, 0.2) is 0 Å². The quantitative estimate of drug-likeness (QED) is 0.423. The molecular weight excluding hydrogens is 414 g/mol. The van der Waals surface area contributed by atoms with Crippen LogP contribution in [0.5, 0.6) is 5.75 Å². The zero-order valence-corrected chi connectivity index (χ0v) is 18.2. The van der Waals surface area contributed by atoms with Crippen molar-refractivity contribution >= 4 is 11.6 Å². The highest BCUT2D eigenvalue weighted by atomic mass is 16.5. The molecule has 166 valence electrons. The van der Waals surface area contributed by atoms with Gasteiger partial charge in [-0.15, -0.1) is 0 Å². The highest BCUT2D eigenvalue weighted by Crippen LogP contribution is 2.29. The van der Waals surface area contributed by atoms with Crippen LogP contribution in [0, 0.1) is 0 Å². The Morgan fingerprint density at radius 3 is 2.73 bits per heavy atom. The molecule has 5 rings (SSSR count).